The van der Waals surface area contributed by atoms with Crippen molar-refractivity contribution in [3.8, 4) is 17.1 Å². The monoisotopic (exact) mass is 500 g/mol. The molecule has 4 rings (SSSR count). The van der Waals surface area contributed by atoms with Crippen LogP contribution in [0.4, 0.5) is 10.2 Å². The van der Waals surface area contributed by atoms with E-state index >= 15 is 0 Å². The third-order valence-corrected chi connectivity index (χ3v) is 5.35. The zero-order valence-electron chi connectivity index (χ0n) is 17.8. The Labute approximate surface area is 192 Å². The second-order valence-corrected chi connectivity index (χ2v) is 8.18. The molecule has 1 atom stereocenters. The van der Waals surface area contributed by atoms with E-state index in [0.717, 1.165) is 29.0 Å². The third-order valence-electron chi connectivity index (χ3n) is 4.97. The molecule has 0 radical (unpaired) electrons. The van der Waals surface area contributed by atoms with Crippen LogP contribution < -0.4 is 10.5 Å². The summed E-state index contributed by atoms with van der Waals surface area (Å²) in [6.45, 7) is 3.82. The Morgan fingerprint density at radius 3 is 2.88 bits per heavy atom. The van der Waals surface area contributed by atoms with Gasteiger partial charge in [-0.1, -0.05) is 12.1 Å². The summed E-state index contributed by atoms with van der Waals surface area (Å²) < 4.78 is 27.8. The first-order valence-electron chi connectivity index (χ1n) is 10.1. The minimum absolute atomic E-state index is 0.147. The summed E-state index contributed by atoms with van der Waals surface area (Å²) in [5.74, 6) is 0.666. The summed E-state index contributed by atoms with van der Waals surface area (Å²) in [5, 5.41) is 8.69. The molecule has 3 aromatic heterocycles. The number of nitrogen functional groups attached to an aromatic ring is 1. The molecule has 0 aliphatic heterocycles. The number of halogens is 2. The van der Waals surface area contributed by atoms with E-state index in [-0.39, 0.29) is 17.5 Å². The molecule has 10 heteroatoms. The SMILES string of the molecule is CCc1cc(Cc2cn(C)nc2-c2ccc(F)cc2[C@@H](C)Oc2nc(Br)cnc2N)on1. The summed E-state index contributed by atoms with van der Waals surface area (Å²) in [7, 11) is 1.84. The molecule has 4 aromatic rings. The first kappa shape index (κ1) is 21.9. The third kappa shape index (κ3) is 4.64. The average molecular weight is 501 g/mol. The van der Waals surface area contributed by atoms with Gasteiger partial charge in [0.1, 0.15) is 22.3 Å². The first-order chi connectivity index (χ1) is 15.3. The van der Waals surface area contributed by atoms with Crippen LogP contribution in [-0.4, -0.2) is 24.9 Å². The van der Waals surface area contributed by atoms with Gasteiger partial charge in [0.05, 0.1) is 17.6 Å². The number of ether oxygens (including phenoxy) is 1. The number of nitrogens with zero attached hydrogens (tertiary/aromatic N) is 5. The van der Waals surface area contributed by atoms with Crippen LogP contribution in [0.3, 0.4) is 0 Å². The standard InChI is InChI=1S/C22H22BrFN6O2/c1-4-15-9-16(32-29-15)7-13-11-30(3)28-20(13)17-6-5-14(24)8-18(17)12(2)31-22-21(25)26-10-19(23)27-22/h5-6,8-12H,4,7H2,1-3H3,(H2,25,26)/t12-/m1/s1. The highest BCUT2D eigenvalue weighted by atomic mass is 79.9. The Bertz CT molecular complexity index is 1260. The Morgan fingerprint density at radius 2 is 2.12 bits per heavy atom. The lowest BCUT2D eigenvalue weighted by molar-refractivity contribution is 0.218. The highest BCUT2D eigenvalue weighted by Gasteiger charge is 2.22. The highest BCUT2D eigenvalue weighted by molar-refractivity contribution is 9.10. The molecule has 0 saturated heterocycles. The van der Waals surface area contributed by atoms with E-state index in [1.807, 2.05) is 26.2 Å². The van der Waals surface area contributed by atoms with E-state index in [1.165, 1.54) is 18.3 Å². The van der Waals surface area contributed by atoms with Gasteiger partial charge in [0.15, 0.2) is 5.82 Å². The van der Waals surface area contributed by atoms with Crippen LogP contribution in [0.1, 0.15) is 42.5 Å². The van der Waals surface area contributed by atoms with Crippen molar-refractivity contribution < 1.29 is 13.7 Å². The number of hydrogen-bond acceptors (Lipinski definition) is 7. The maximum absolute atomic E-state index is 14.2. The second-order valence-electron chi connectivity index (χ2n) is 7.37. The summed E-state index contributed by atoms with van der Waals surface area (Å²) in [4.78, 5) is 8.26. The number of aromatic nitrogens is 5. The second kappa shape index (κ2) is 9.07. The van der Waals surface area contributed by atoms with E-state index in [2.05, 4.69) is 36.2 Å². The summed E-state index contributed by atoms with van der Waals surface area (Å²) in [5.41, 5.74) is 9.77. The van der Waals surface area contributed by atoms with Gasteiger partial charge >= 0.3 is 0 Å². The molecule has 2 N–H and O–H groups in total. The van der Waals surface area contributed by atoms with E-state index in [1.54, 1.807) is 17.7 Å². The van der Waals surface area contributed by atoms with Crippen molar-refractivity contribution in [2.45, 2.75) is 32.8 Å². The lowest BCUT2D eigenvalue weighted by Crippen LogP contribution is -2.09. The van der Waals surface area contributed by atoms with Crippen LogP contribution in [-0.2, 0) is 19.9 Å². The fourth-order valence-electron chi connectivity index (χ4n) is 3.45. The van der Waals surface area contributed by atoms with Gasteiger partial charge in [0.2, 0.25) is 0 Å². The van der Waals surface area contributed by atoms with Crippen LogP contribution in [0.15, 0.2) is 45.8 Å². The molecule has 32 heavy (non-hydrogen) atoms. The molecule has 8 nitrogen and oxygen atoms in total. The highest BCUT2D eigenvalue weighted by Crippen LogP contribution is 2.34. The van der Waals surface area contributed by atoms with Crippen molar-refractivity contribution in [1.82, 2.24) is 24.9 Å². The minimum atomic E-state index is -0.571. The van der Waals surface area contributed by atoms with Crippen LogP contribution in [0, 0.1) is 5.82 Å². The molecule has 0 saturated carbocycles. The van der Waals surface area contributed by atoms with Gasteiger partial charge in [0.25, 0.3) is 5.88 Å². The summed E-state index contributed by atoms with van der Waals surface area (Å²) >= 11 is 3.26. The first-order valence-corrected chi connectivity index (χ1v) is 10.8. The van der Waals surface area contributed by atoms with Crippen LogP contribution in [0.5, 0.6) is 5.88 Å². The van der Waals surface area contributed by atoms with Crippen molar-refractivity contribution in [3.05, 3.63) is 69.7 Å². The molecule has 0 aliphatic carbocycles. The zero-order valence-corrected chi connectivity index (χ0v) is 19.4. The fraction of sp³-hybridized carbons (Fsp3) is 0.273. The van der Waals surface area contributed by atoms with Gasteiger partial charge in [-0.2, -0.15) is 5.10 Å². The molecule has 3 heterocycles. The zero-order chi connectivity index (χ0) is 22.8. The van der Waals surface area contributed by atoms with Gasteiger partial charge in [-0.05, 0) is 47.5 Å². The normalized spacial score (nSPS) is 12.2. The number of rotatable bonds is 7. The van der Waals surface area contributed by atoms with Gasteiger partial charge in [-0.25, -0.2) is 14.4 Å². The molecule has 0 fully saturated rings. The van der Waals surface area contributed by atoms with Gasteiger partial charge < -0.3 is 15.0 Å². The molecule has 0 bridgehead atoms. The van der Waals surface area contributed by atoms with E-state index in [0.29, 0.717) is 22.3 Å². The Morgan fingerprint density at radius 1 is 1.31 bits per heavy atom. The average Bonchev–Trinajstić information content (AvgIpc) is 3.36. The number of aryl methyl sites for hydroxylation is 2. The smallest absolute Gasteiger partial charge is 0.258 e. The topological polar surface area (TPSA) is 105 Å². The van der Waals surface area contributed by atoms with Crippen molar-refractivity contribution in [1.29, 1.82) is 0 Å². The molecule has 0 spiro atoms. The summed E-state index contributed by atoms with van der Waals surface area (Å²) in [6.07, 6.45) is 4.13. The Hall–Kier alpha value is -3.27. The Kier molecular flexibility index (Phi) is 6.22. The molecule has 166 valence electrons. The van der Waals surface area contributed by atoms with E-state index in [9.17, 15) is 4.39 Å². The molecular formula is C22H22BrFN6O2. The van der Waals surface area contributed by atoms with E-state index in [4.69, 9.17) is 15.0 Å². The molecule has 1 aromatic carbocycles. The van der Waals surface area contributed by atoms with Crippen molar-refractivity contribution in [3.63, 3.8) is 0 Å². The number of nitrogens with two attached hydrogens (primary N) is 1. The van der Waals surface area contributed by atoms with Crippen molar-refractivity contribution in [2.24, 2.45) is 7.05 Å². The molecule has 0 aliphatic rings. The quantitative estimate of drug-likeness (QED) is 0.393. The number of anilines is 1. The minimum Gasteiger partial charge on any atom is -0.467 e. The number of benzene rings is 1. The van der Waals surface area contributed by atoms with Crippen LogP contribution in [0.25, 0.3) is 11.3 Å². The van der Waals surface area contributed by atoms with Crippen LogP contribution in [0.2, 0.25) is 0 Å². The fourth-order valence-corrected chi connectivity index (χ4v) is 3.71. The molecule has 0 unspecified atom stereocenters. The predicted octanol–water partition coefficient (Wildman–Crippen LogP) is 4.64. The molecule has 0 amide bonds. The number of hydrogen-bond donors (Lipinski definition) is 1. The van der Waals surface area contributed by atoms with Gasteiger partial charge in [-0.3, -0.25) is 4.68 Å². The predicted molar refractivity (Wildman–Crippen MR) is 120 cm³/mol. The molecular weight excluding hydrogens is 479 g/mol. The van der Waals surface area contributed by atoms with Gasteiger partial charge in [-0.15, -0.1) is 0 Å². The maximum Gasteiger partial charge on any atom is 0.258 e. The van der Waals surface area contributed by atoms with Crippen LogP contribution >= 0.6 is 15.9 Å². The van der Waals surface area contributed by atoms with Crippen molar-refractivity contribution >= 4 is 21.7 Å². The largest absolute Gasteiger partial charge is 0.467 e. The van der Waals surface area contributed by atoms with Crippen molar-refractivity contribution in [2.75, 3.05) is 5.73 Å². The maximum atomic E-state index is 14.2. The Balaban J connectivity index is 1.71. The summed E-state index contributed by atoms with van der Waals surface area (Å²) in [6, 6.07) is 6.47. The van der Waals surface area contributed by atoms with Gasteiger partial charge in [0, 0.05) is 42.4 Å². The lowest BCUT2D eigenvalue weighted by Gasteiger charge is -2.18. The lowest BCUT2D eigenvalue weighted by atomic mass is 9.97. The van der Waals surface area contributed by atoms with E-state index < -0.39 is 6.10 Å².